The van der Waals surface area contributed by atoms with Crippen LogP contribution in [0.25, 0.3) is 11.0 Å². The van der Waals surface area contributed by atoms with E-state index in [1.165, 1.54) is 5.39 Å². The maximum atomic E-state index is 3.04. The molecule has 0 spiro atoms. The maximum absolute atomic E-state index is 3.04. The Kier molecular flexibility index (Phi) is 0.545. The Morgan fingerprint density at radius 3 is 2.12 bits per heavy atom. The van der Waals surface area contributed by atoms with Gasteiger partial charge >= 0.3 is 0 Å². The first kappa shape index (κ1) is 3.78. The average molecular weight is 106 g/mol. The Morgan fingerprint density at radius 1 is 1.00 bits per heavy atom. The van der Waals surface area contributed by atoms with Crippen LogP contribution in [0.2, 0.25) is 0 Å². The Labute approximate surface area is 46.5 Å². The predicted molar refractivity (Wildman–Crippen MR) is 32.6 cm³/mol. The minimum Gasteiger partial charge on any atom is -0.348 e. The predicted octanol–water partition coefficient (Wildman–Crippen LogP) is 1.50. The number of aromatic amines is 2. The van der Waals surface area contributed by atoms with E-state index in [4.69, 9.17) is 0 Å². The van der Waals surface area contributed by atoms with Gasteiger partial charge in [-0.25, -0.2) is 0 Å². The minimum atomic E-state index is 1.10. The third-order valence-electron chi connectivity index (χ3n) is 1.27. The lowest BCUT2D eigenvalue weighted by Crippen LogP contribution is -1.58. The minimum absolute atomic E-state index is 1.10. The van der Waals surface area contributed by atoms with Crippen molar-refractivity contribution in [2.24, 2.45) is 0 Å². The molecule has 0 saturated heterocycles. The van der Waals surface area contributed by atoms with Gasteiger partial charge in [-0.15, -0.1) is 0 Å². The van der Waals surface area contributed by atoms with Gasteiger partial charge in [0.25, 0.3) is 0 Å². The van der Waals surface area contributed by atoms with E-state index in [1.54, 1.807) is 0 Å². The van der Waals surface area contributed by atoms with Crippen LogP contribution in [0.15, 0.2) is 24.5 Å². The van der Waals surface area contributed by atoms with E-state index in [2.05, 4.69) is 9.97 Å². The van der Waals surface area contributed by atoms with Crippen LogP contribution in [0.5, 0.6) is 0 Å². The number of H-pyrrole nitrogens is 2. The molecule has 2 heteroatoms. The third-order valence-corrected chi connectivity index (χ3v) is 1.27. The van der Waals surface area contributed by atoms with E-state index in [9.17, 15) is 0 Å². The number of hydrogen-bond acceptors (Lipinski definition) is 0. The van der Waals surface area contributed by atoms with E-state index < -0.39 is 0 Å². The molecule has 2 rings (SSSR count). The largest absolute Gasteiger partial charge is 0.348 e. The van der Waals surface area contributed by atoms with Crippen LogP contribution in [-0.2, 0) is 0 Å². The lowest BCUT2D eigenvalue weighted by atomic mass is 10.4. The first-order chi connectivity index (χ1) is 3.97. The van der Waals surface area contributed by atoms with Gasteiger partial charge in [0.1, 0.15) is 5.65 Å². The highest BCUT2D eigenvalue weighted by molar-refractivity contribution is 5.75. The highest BCUT2D eigenvalue weighted by Crippen LogP contribution is 2.06. The summed E-state index contributed by atoms with van der Waals surface area (Å²) in [5, 5.41) is 1.24. The monoisotopic (exact) mass is 106 g/mol. The molecule has 2 N–H and O–H groups in total. The second kappa shape index (κ2) is 1.15. The highest BCUT2D eigenvalue weighted by atomic mass is 14.8. The van der Waals surface area contributed by atoms with Crippen LogP contribution in [0, 0.1) is 0 Å². The second-order valence-corrected chi connectivity index (χ2v) is 1.79. The van der Waals surface area contributed by atoms with Gasteiger partial charge in [-0.1, -0.05) is 0 Å². The molecule has 0 saturated carbocycles. The van der Waals surface area contributed by atoms with Crippen molar-refractivity contribution in [2.75, 3.05) is 0 Å². The summed E-state index contributed by atoms with van der Waals surface area (Å²) in [6.07, 6.45) is 3.84. The van der Waals surface area contributed by atoms with Crippen LogP contribution < -0.4 is 0 Å². The Morgan fingerprint density at radius 2 is 1.62 bits per heavy atom. The summed E-state index contributed by atoms with van der Waals surface area (Å²) in [5.74, 6) is 0. The number of fused-ring (bicyclic) bond motifs is 1. The molecule has 0 fully saturated rings. The van der Waals surface area contributed by atoms with E-state index in [0.29, 0.717) is 0 Å². The molecule has 0 aliphatic heterocycles. The molecule has 2 aromatic heterocycles. The number of rotatable bonds is 0. The van der Waals surface area contributed by atoms with Gasteiger partial charge in [-0.3, -0.25) is 0 Å². The van der Waals surface area contributed by atoms with Crippen LogP contribution in [0.1, 0.15) is 0 Å². The number of nitrogens with one attached hydrogen (secondary N) is 2. The van der Waals surface area contributed by atoms with Crippen molar-refractivity contribution in [3.05, 3.63) is 24.5 Å². The zero-order valence-electron chi connectivity index (χ0n) is 4.31. The number of hydrogen-bond donors (Lipinski definition) is 2. The molecule has 40 valence electrons. The van der Waals surface area contributed by atoms with Gasteiger partial charge < -0.3 is 9.97 Å². The van der Waals surface area contributed by atoms with Crippen molar-refractivity contribution < 1.29 is 0 Å². The first-order valence-corrected chi connectivity index (χ1v) is 2.57. The Balaban J connectivity index is 3.06. The van der Waals surface area contributed by atoms with Crippen molar-refractivity contribution in [1.82, 2.24) is 9.97 Å². The van der Waals surface area contributed by atoms with Gasteiger partial charge in [-0.2, -0.15) is 0 Å². The third kappa shape index (κ3) is 0.320. The van der Waals surface area contributed by atoms with Crippen molar-refractivity contribution in [3.63, 3.8) is 0 Å². The zero-order valence-corrected chi connectivity index (χ0v) is 4.31. The van der Waals surface area contributed by atoms with Crippen molar-refractivity contribution in [2.45, 2.75) is 0 Å². The average Bonchev–Trinajstić information content (AvgIpc) is 2.15. The molecule has 2 heterocycles. The van der Waals surface area contributed by atoms with Gasteiger partial charge in [0.15, 0.2) is 0 Å². The fraction of sp³-hybridized carbons (Fsp3) is 0. The fourth-order valence-electron chi connectivity index (χ4n) is 0.860. The van der Waals surface area contributed by atoms with Crippen LogP contribution in [0.4, 0.5) is 0 Å². The van der Waals surface area contributed by atoms with E-state index in [0.717, 1.165) is 5.65 Å². The maximum Gasteiger partial charge on any atom is 0.114 e. The van der Waals surface area contributed by atoms with E-state index >= 15 is 0 Å². The highest BCUT2D eigenvalue weighted by Gasteiger charge is 1.88. The first-order valence-electron chi connectivity index (χ1n) is 2.57. The fourth-order valence-corrected chi connectivity index (χ4v) is 0.860. The zero-order chi connectivity index (χ0) is 5.40. The van der Waals surface area contributed by atoms with Crippen molar-refractivity contribution in [3.8, 4) is 0 Å². The summed E-state index contributed by atoms with van der Waals surface area (Å²) in [7, 11) is 0. The summed E-state index contributed by atoms with van der Waals surface area (Å²) >= 11 is 0. The SMILES string of the molecule is c1cc2cc[nH]c2[nH]1. The Bertz CT molecular complexity index is 228. The van der Waals surface area contributed by atoms with Crippen LogP contribution in [0.3, 0.4) is 0 Å². The second-order valence-electron chi connectivity index (χ2n) is 1.79. The molecule has 8 heavy (non-hydrogen) atoms. The van der Waals surface area contributed by atoms with Gasteiger partial charge in [-0.05, 0) is 12.1 Å². The molecule has 0 aromatic carbocycles. The lowest BCUT2D eigenvalue weighted by Gasteiger charge is -1.69. The molecule has 0 unspecified atom stereocenters. The molecule has 0 radical (unpaired) electrons. The van der Waals surface area contributed by atoms with Crippen molar-refractivity contribution in [1.29, 1.82) is 0 Å². The molecule has 0 amide bonds. The summed E-state index contributed by atoms with van der Waals surface area (Å²) in [5.41, 5.74) is 1.10. The number of aromatic nitrogens is 2. The standard InChI is InChI=1S/C6H6N2/c1-3-7-6-5(1)2-4-8-6/h1-4,7-8H. The quantitative estimate of drug-likeness (QED) is 0.510. The Hall–Kier alpha value is -1.18. The summed E-state index contributed by atoms with van der Waals surface area (Å²) < 4.78 is 0. The summed E-state index contributed by atoms with van der Waals surface area (Å²) in [6.45, 7) is 0. The van der Waals surface area contributed by atoms with Gasteiger partial charge in [0.05, 0.1) is 0 Å². The summed E-state index contributed by atoms with van der Waals surface area (Å²) in [6, 6.07) is 4.07. The topological polar surface area (TPSA) is 31.6 Å². The van der Waals surface area contributed by atoms with Crippen LogP contribution in [-0.4, -0.2) is 9.97 Å². The lowest BCUT2D eigenvalue weighted by molar-refractivity contribution is 1.35. The summed E-state index contributed by atoms with van der Waals surface area (Å²) in [4.78, 5) is 6.09. The normalized spacial score (nSPS) is 10.5. The smallest absolute Gasteiger partial charge is 0.114 e. The molecular weight excluding hydrogens is 100 g/mol. The molecule has 0 aliphatic carbocycles. The van der Waals surface area contributed by atoms with Crippen LogP contribution >= 0.6 is 0 Å². The molecule has 2 nitrogen and oxygen atoms in total. The van der Waals surface area contributed by atoms with E-state index in [-0.39, 0.29) is 0 Å². The van der Waals surface area contributed by atoms with E-state index in [1.807, 2.05) is 24.5 Å². The van der Waals surface area contributed by atoms with Gasteiger partial charge in [0.2, 0.25) is 0 Å². The molecule has 0 bridgehead atoms. The molecular formula is C6H6N2. The molecule has 0 atom stereocenters. The molecule has 0 aliphatic rings. The van der Waals surface area contributed by atoms with Gasteiger partial charge in [0, 0.05) is 17.8 Å². The molecule has 2 aromatic rings. The van der Waals surface area contributed by atoms with Crippen molar-refractivity contribution >= 4 is 11.0 Å².